The number of amides is 1. The molecular weight excluding hydrogens is 398 g/mol. The molecule has 2 N–H and O–H groups in total. The Kier molecular flexibility index (Phi) is 8.31. The van der Waals surface area contributed by atoms with E-state index in [1.165, 1.54) is 37.7 Å². The van der Waals surface area contributed by atoms with Crippen molar-refractivity contribution in [3.05, 3.63) is 54.1 Å². The largest absolute Gasteiger partial charge is 0.348 e. The molecule has 2 fully saturated rings. The molecule has 2 aliphatic rings. The van der Waals surface area contributed by atoms with Gasteiger partial charge in [0.1, 0.15) is 5.82 Å². The van der Waals surface area contributed by atoms with E-state index in [1.54, 1.807) is 0 Å². The smallest absolute Gasteiger partial charge is 0.234 e. The van der Waals surface area contributed by atoms with Gasteiger partial charge >= 0.3 is 0 Å². The first kappa shape index (κ1) is 22.8. The maximum atomic E-state index is 13.1. The topological polar surface area (TPSA) is 62.2 Å². The van der Waals surface area contributed by atoms with Gasteiger partial charge in [0.05, 0.1) is 18.6 Å². The van der Waals surface area contributed by atoms with E-state index >= 15 is 0 Å². The summed E-state index contributed by atoms with van der Waals surface area (Å²) in [5.74, 6) is 1.66. The highest BCUT2D eigenvalue weighted by Crippen LogP contribution is 2.34. The predicted molar refractivity (Wildman–Crippen MR) is 122 cm³/mol. The second kappa shape index (κ2) is 10.9. The zero-order valence-corrected chi connectivity index (χ0v) is 18.6. The van der Waals surface area contributed by atoms with Gasteiger partial charge in [-0.25, -0.2) is 4.98 Å². The third-order valence-electron chi connectivity index (χ3n) is 6.45. The SMILES string of the molecule is Cl.Cn1ccnc1C1CNCCN1CC(=O)NC(c1ccccc1)C1CCCCC1. The molecule has 1 aromatic heterocycles. The summed E-state index contributed by atoms with van der Waals surface area (Å²) in [5.41, 5.74) is 1.23. The van der Waals surface area contributed by atoms with Crippen LogP contribution in [0.25, 0.3) is 0 Å². The van der Waals surface area contributed by atoms with E-state index in [2.05, 4.69) is 49.4 Å². The minimum atomic E-state index is 0. The van der Waals surface area contributed by atoms with Gasteiger partial charge in [-0.15, -0.1) is 12.4 Å². The lowest BCUT2D eigenvalue weighted by atomic mass is 9.81. The van der Waals surface area contributed by atoms with Crippen LogP contribution in [0.1, 0.15) is 55.6 Å². The van der Waals surface area contributed by atoms with Gasteiger partial charge in [0.15, 0.2) is 0 Å². The molecule has 0 bridgehead atoms. The monoisotopic (exact) mass is 431 g/mol. The van der Waals surface area contributed by atoms with Crippen molar-refractivity contribution in [2.75, 3.05) is 26.2 Å². The van der Waals surface area contributed by atoms with Gasteiger partial charge < -0.3 is 15.2 Å². The zero-order chi connectivity index (χ0) is 20.1. The molecule has 4 rings (SSSR count). The summed E-state index contributed by atoms with van der Waals surface area (Å²) < 4.78 is 2.05. The number of aryl methyl sites for hydroxylation is 1. The quantitative estimate of drug-likeness (QED) is 0.737. The molecule has 2 heterocycles. The molecule has 30 heavy (non-hydrogen) atoms. The molecule has 1 aliphatic heterocycles. The molecule has 1 saturated heterocycles. The molecule has 2 unspecified atom stereocenters. The van der Waals surface area contributed by atoms with Gasteiger partial charge in [-0.1, -0.05) is 49.6 Å². The Bertz CT molecular complexity index is 790. The van der Waals surface area contributed by atoms with E-state index < -0.39 is 0 Å². The Morgan fingerprint density at radius 2 is 2.00 bits per heavy atom. The van der Waals surface area contributed by atoms with Crippen LogP contribution < -0.4 is 10.6 Å². The van der Waals surface area contributed by atoms with Gasteiger partial charge in [0.25, 0.3) is 0 Å². The van der Waals surface area contributed by atoms with E-state index in [0.717, 1.165) is 25.5 Å². The number of carbonyl (C=O) groups excluding carboxylic acids is 1. The van der Waals surface area contributed by atoms with E-state index in [0.29, 0.717) is 12.5 Å². The van der Waals surface area contributed by atoms with Crippen LogP contribution in [-0.2, 0) is 11.8 Å². The standard InChI is InChI=1S/C23H33N5O.ClH/c1-27-14-13-25-23(27)20-16-24-12-15-28(20)17-21(29)26-22(18-8-4-2-5-9-18)19-10-6-3-7-11-19;/h2,4-5,8-9,13-14,19-20,22,24H,3,6-7,10-12,15-17H2,1H3,(H,26,29);1H. The van der Waals surface area contributed by atoms with Crippen LogP contribution >= 0.6 is 12.4 Å². The van der Waals surface area contributed by atoms with E-state index in [4.69, 9.17) is 0 Å². The highest BCUT2D eigenvalue weighted by atomic mass is 35.5. The molecular formula is C23H34ClN5O. The minimum absolute atomic E-state index is 0. The summed E-state index contributed by atoms with van der Waals surface area (Å²) in [4.78, 5) is 19.9. The van der Waals surface area contributed by atoms with E-state index in [1.807, 2.05) is 25.5 Å². The van der Waals surface area contributed by atoms with Crippen molar-refractivity contribution >= 4 is 18.3 Å². The number of aromatic nitrogens is 2. The molecule has 2 aromatic rings. The van der Waals surface area contributed by atoms with E-state index in [9.17, 15) is 4.79 Å². The molecule has 0 radical (unpaired) electrons. The average Bonchev–Trinajstić information content (AvgIpc) is 3.19. The third-order valence-corrected chi connectivity index (χ3v) is 6.45. The summed E-state index contributed by atoms with van der Waals surface area (Å²) in [6.45, 7) is 2.99. The first-order chi connectivity index (χ1) is 14.2. The van der Waals surface area contributed by atoms with Gasteiger partial charge in [-0.05, 0) is 24.3 Å². The molecule has 6 nitrogen and oxygen atoms in total. The summed E-state index contributed by atoms with van der Waals surface area (Å²) in [7, 11) is 2.02. The maximum Gasteiger partial charge on any atom is 0.234 e. The van der Waals surface area contributed by atoms with Crippen molar-refractivity contribution in [2.24, 2.45) is 13.0 Å². The molecule has 0 spiro atoms. The number of nitrogens with zero attached hydrogens (tertiary/aromatic N) is 3. The number of rotatable bonds is 6. The van der Waals surface area contributed by atoms with Gasteiger partial charge in [-0.2, -0.15) is 0 Å². The van der Waals surface area contributed by atoms with Crippen LogP contribution in [0, 0.1) is 5.92 Å². The maximum absolute atomic E-state index is 13.1. The Balaban J connectivity index is 0.00000256. The molecule has 1 amide bonds. The Morgan fingerprint density at radius 1 is 1.23 bits per heavy atom. The lowest BCUT2D eigenvalue weighted by Crippen LogP contribution is -2.50. The number of piperazine rings is 1. The number of nitrogens with one attached hydrogen (secondary N) is 2. The van der Waals surface area contributed by atoms with Crippen LogP contribution in [0.5, 0.6) is 0 Å². The van der Waals surface area contributed by atoms with Crippen molar-refractivity contribution in [3.63, 3.8) is 0 Å². The van der Waals surface area contributed by atoms with Gasteiger partial charge in [-0.3, -0.25) is 9.69 Å². The molecule has 1 aromatic carbocycles. The zero-order valence-electron chi connectivity index (χ0n) is 17.8. The number of imidazole rings is 1. The van der Waals surface area contributed by atoms with Crippen molar-refractivity contribution in [3.8, 4) is 0 Å². The number of benzene rings is 1. The molecule has 2 atom stereocenters. The Labute approximate surface area is 185 Å². The number of hydrogen-bond donors (Lipinski definition) is 2. The van der Waals surface area contributed by atoms with Crippen molar-refractivity contribution in [2.45, 2.75) is 44.2 Å². The highest BCUT2D eigenvalue weighted by molar-refractivity contribution is 5.85. The first-order valence-corrected chi connectivity index (χ1v) is 11.0. The van der Waals surface area contributed by atoms with Crippen LogP contribution in [-0.4, -0.2) is 46.5 Å². The van der Waals surface area contributed by atoms with Crippen LogP contribution in [0.3, 0.4) is 0 Å². The van der Waals surface area contributed by atoms with Gasteiger partial charge in [0.2, 0.25) is 5.91 Å². The normalized spacial score (nSPS) is 21.6. The minimum Gasteiger partial charge on any atom is -0.348 e. The molecule has 164 valence electrons. The van der Waals surface area contributed by atoms with Crippen molar-refractivity contribution in [1.82, 2.24) is 25.1 Å². The second-order valence-corrected chi connectivity index (χ2v) is 8.44. The fourth-order valence-corrected chi connectivity index (χ4v) is 4.89. The lowest BCUT2D eigenvalue weighted by molar-refractivity contribution is -0.124. The molecule has 7 heteroatoms. The Morgan fingerprint density at radius 3 is 2.70 bits per heavy atom. The summed E-state index contributed by atoms with van der Waals surface area (Å²) in [6.07, 6.45) is 10.0. The summed E-state index contributed by atoms with van der Waals surface area (Å²) in [6, 6.07) is 10.7. The van der Waals surface area contributed by atoms with Crippen molar-refractivity contribution in [1.29, 1.82) is 0 Å². The summed E-state index contributed by atoms with van der Waals surface area (Å²) in [5, 5.41) is 6.85. The highest BCUT2D eigenvalue weighted by Gasteiger charge is 2.30. The first-order valence-electron chi connectivity index (χ1n) is 11.0. The van der Waals surface area contributed by atoms with Crippen molar-refractivity contribution < 1.29 is 4.79 Å². The fourth-order valence-electron chi connectivity index (χ4n) is 4.89. The molecule has 1 saturated carbocycles. The second-order valence-electron chi connectivity index (χ2n) is 8.44. The lowest BCUT2D eigenvalue weighted by Gasteiger charge is -2.36. The number of carbonyl (C=O) groups is 1. The van der Waals surface area contributed by atoms with Crippen LogP contribution in [0.2, 0.25) is 0 Å². The Hall–Kier alpha value is -1.89. The number of halogens is 1. The van der Waals surface area contributed by atoms with Crippen LogP contribution in [0.4, 0.5) is 0 Å². The van der Waals surface area contributed by atoms with E-state index in [-0.39, 0.29) is 30.4 Å². The fraction of sp³-hybridized carbons (Fsp3) is 0.565. The molecule has 1 aliphatic carbocycles. The third kappa shape index (κ3) is 5.42. The van der Waals surface area contributed by atoms with Crippen LogP contribution in [0.15, 0.2) is 42.7 Å². The number of hydrogen-bond acceptors (Lipinski definition) is 4. The predicted octanol–water partition coefficient (Wildman–Crippen LogP) is 3.23. The average molecular weight is 432 g/mol. The van der Waals surface area contributed by atoms with Gasteiger partial charge in [0, 0.05) is 39.1 Å². The summed E-state index contributed by atoms with van der Waals surface area (Å²) >= 11 is 0.